The third-order valence-corrected chi connectivity index (χ3v) is 2.91. The number of hydrogen-bond acceptors (Lipinski definition) is 3. The van der Waals surface area contributed by atoms with Crippen LogP contribution in [0.15, 0.2) is 36.5 Å². The highest BCUT2D eigenvalue weighted by Crippen LogP contribution is 2.24. The predicted molar refractivity (Wildman–Crippen MR) is 71.1 cm³/mol. The number of nitrogens with zero attached hydrogens (tertiary/aromatic N) is 3. The Labute approximate surface area is 105 Å². The van der Waals surface area contributed by atoms with E-state index in [1.807, 2.05) is 30.3 Å². The van der Waals surface area contributed by atoms with E-state index < -0.39 is 0 Å². The van der Waals surface area contributed by atoms with Gasteiger partial charge in [0.05, 0.1) is 5.52 Å². The molecule has 0 radical (unpaired) electrons. The summed E-state index contributed by atoms with van der Waals surface area (Å²) in [6, 6.07) is 10.00. The lowest BCUT2D eigenvalue weighted by atomic mass is 10.1. The van der Waals surface area contributed by atoms with Crippen molar-refractivity contribution in [2.75, 3.05) is 0 Å². The van der Waals surface area contributed by atoms with Crippen LogP contribution in [0.1, 0.15) is 19.2 Å². The van der Waals surface area contributed by atoms with E-state index in [-0.39, 0.29) is 0 Å². The summed E-state index contributed by atoms with van der Waals surface area (Å²) < 4.78 is 0. The number of fused-ring (bicyclic) bond motifs is 1. The van der Waals surface area contributed by atoms with Crippen molar-refractivity contribution in [3.05, 3.63) is 42.4 Å². The zero-order valence-electron chi connectivity index (χ0n) is 10.2. The first-order valence-corrected chi connectivity index (χ1v) is 6.14. The van der Waals surface area contributed by atoms with E-state index in [0.717, 1.165) is 41.0 Å². The zero-order valence-corrected chi connectivity index (χ0v) is 10.2. The fourth-order valence-electron chi connectivity index (χ4n) is 2.06. The van der Waals surface area contributed by atoms with Gasteiger partial charge in [0.15, 0.2) is 5.82 Å². The van der Waals surface area contributed by atoms with Crippen molar-refractivity contribution < 1.29 is 0 Å². The molecule has 0 bridgehead atoms. The quantitative estimate of drug-likeness (QED) is 0.763. The van der Waals surface area contributed by atoms with Gasteiger partial charge in [-0.05, 0) is 18.6 Å². The molecule has 0 fully saturated rings. The van der Waals surface area contributed by atoms with Crippen LogP contribution in [0.4, 0.5) is 0 Å². The molecule has 3 rings (SSSR count). The Morgan fingerprint density at radius 3 is 2.94 bits per heavy atom. The molecular formula is C14H14N4. The van der Waals surface area contributed by atoms with Gasteiger partial charge < -0.3 is 0 Å². The topological polar surface area (TPSA) is 54.5 Å². The summed E-state index contributed by atoms with van der Waals surface area (Å²) in [5, 5.41) is 8.36. The molecule has 90 valence electrons. The molecule has 1 N–H and O–H groups in total. The Kier molecular flexibility index (Phi) is 2.76. The van der Waals surface area contributed by atoms with Crippen LogP contribution in [0.2, 0.25) is 0 Å². The number of aromatic amines is 1. The minimum absolute atomic E-state index is 0.747. The minimum atomic E-state index is 0.747. The van der Waals surface area contributed by atoms with Crippen LogP contribution in [0.3, 0.4) is 0 Å². The summed E-state index contributed by atoms with van der Waals surface area (Å²) in [5.41, 5.74) is 2.00. The monoisotopic (exact) mass is 238 g/mol. The van der Waals surface area contributed by atoms with Crippen molar-refractivity contribution in [3.8, 4) is 11.4 Å². The molecule has 4 heteroatoms. The minimum Gasteiger partial charge on any atom is -0.263 e. The van der Waals surface area contributed by atoms with E-state index in [4.69, 9.17) is 0 Å². The van der Waals surface area contributed by atoms with Crippen molar-refractivity contribution in [3.63, 3.8) is 0 Å². The van der Waals surface area contributed by atoms with E-state index in [0.29, 0.717) is 0 Å². The van der Waals surface area contributed by atoms with Gasteiger partial charge >= 0.3 is 0 Å². The molecule has 0 saturated heterocycles. The van der Waals surface area contributed by atoms with Crippen molar-refractivity contribution >= 4 is 10.9 Å². The molecule has 3 aromatic rings. The maximum atomic E-state index is 4.53. The van der Waals surface area contributed by atoms with Crippen LogP contribution >= 0.6 is 0 Å². The molecule has 0 aliphatic rings. The van der Waals surface area contributed by atoms with Gasteiger partial charge in [-0.3, -0.25) is 10.1 Å². The molecule has 2 heterocycles. The lowest BCUT2D eigenvalue weighted by molar-refractivity contribution is 0.841. The fraction of sp³-hybridized carbons (Fsp3) is 0.214. The molecular weight excluding hydrogens is 224 g/mol. The fourth-order valence-corrected chi connectivity index (χ4v) is 2.06. The number of aromatic nitrogens is 4. The number of benzene rings is 1. The molecule has 0 unspecified atom stereocenters. The van der Waals surface area contributed by atoms with E-state index in [1.165, 1.54) is 0 Å². The number of rotatable bonds is 3. The highest BCUT2D eigenvalue weighted by Gasteiger charge is 2.09. The number of hydrogen-bond donors (Lipinski definition) is 1. The number of H-pyrrole nitrogens is 1. The molecule has 0 atom stereocenters. The van der Waals surface area contributed by atoms with Gasteiger partial charge in [0.1, 0.15) is 5.82 Å². The molecule has 0 amide bonds. The molecule has 4 nitrogen and oxygen atoms in total. The van der Waals surface area contributed by atoms with Crippen molar-refractivity contribution in [1.82, 2.24) is 20.2 Å². The van der Waals surface area contributed by atoms with Gasteiger partial charge in [-0.25, -0.2) is 4.98 Å². The van der Waals surface area contributed by atoms with Gasteiger partial charge in [0.25, 0.3) is 0 Å². The second-order valence-corrected chi connectivity index (χ2v) is 4.23. The summed E-state index contributed by atoms with van der Waals surface area (Å²) >= 11 is 0. The van der Waals surface area contributed by atoms with Crippen LogP contribution in [0.5, 0.6) is 0 Å². The summed E-state index contributed by atoms with van der Waals surface area (Å²) in [4.78, 5) is 8.87. The maximum Gasteiger partial charge on any atom is 0.181 e. The predicted octanol–water partition coefficient (Wildman–Crippen LogP) is 2.97. The lowest BCUT2D eigenvalue weighted by Gasteiger charge is -2.01. The van der Waals surface area contributed by atoms with Crippen molar-refractivity contribution in [2.24, 2.45) is 0 Å². The number of nitrogens with one attached hydrogen (secondary N) is 1. The van der Waals surface area contributed by atoms with Crippen LogP contribution in [0, 0.1) is 0 Å². The molecule has 0 aliphatic carbocycles. The SMILES string of the molecule is CCCc1nc(-c2ccnc3ccccc23)n[nH]1. The summed E-state index contributed by atoms with van der Waals surface area (Å²) in [6.07, 6.45) is 3.79. The smallest absolute Gasteiger partial charge is 0.181 e. The Morgan fingerprint density at radius 2 is 2.06 bits per heavy atom. The molecule has 1 aromatic carbocycles. The maximum absolute atomic E-state index is 4.53. The number of pyridine rings is 1. The average Bonchev–Trinajstić information content (AvgIpc) is 2.87. The Bertz CT molecular complexity index is 667. The van der Waals surface area contributed by atoms with Crippen molar-refractivity contribution in [1.29, 1.82) is 0 Å². The first-order valence-electron chi connectivity index (χ1n) is 6.14. The van der Waals surface area contributed by atoms with E-state index in [9.17, 15) is 0 Å². The Hall–Kier alpha value is -2.23. The largest absolute Gasteiger partial charge is 0.263 e. The Balaban J connectivity index is 2.12. The first-order chi connectivity index (χ1) is 8.88. The van der Waals surface area contributed by atoms with Crippen LogP contribution < -0.4 is 0 Å². The molecule has 0 saturated carbocycles. The highest BCUT2D eigenvalue weighted by molar-refractivity contribution is 5.92. The number of aryl methyl sites for hydroxylation is 1. The van der Waals surface area contributed by atoms with Gasteiger partial charge in [-0.1, -0.05) is 25.1 Å². The van der Waals surface area contributed by atoms with Gasteiger partial charge in [-0.15, -0.1) is 0 Å². The highest BCUT2D eigenvalue weighted by atomic mass is 15.2. The van der Waals surface area contributed by atoms with Crippen LogP contribution in [0.25, 0.3) is 22.3 Å². The Morgan fingerprint density at radius 1 is 1.17 bits per heavy atom. The summed E-state index contributed by atoms with van der Waals surface area (Å²) in [6.45, 7) is 2.13. The molecule has 2 aromatic heterocycles. The van der Waals surface area contributed by atoms with E-state index >= 15 is 0 Å². The average molecular weight is 238 g/mol. The third-order valence-electron chi connectivity index (χ3n) is 2.91. The standard InChI is InChI=1S/C14H14N4/c1-2-5-13-16-14(18-17-13)11-8-9-15-12-7-4-3-6-10(11)12/h3-4,6-9H,2,5H2,1H3,(H,16,17,18). The third kappa shape index (κ3) is 1.86. The van der Waals surface area contributed by atoms with E-state index in [1.54, 1.807) is 6.20 Å². The summed E-state index contributed by atoms with van der Waals surface area (Å²) in [7, 11) is 0. The lowest BCUT2D eigenvalue weighted by Crippen LogP contribution is -1.87. The molecule has 18 heavy (non-hydrogen) atoms. The second-order valence-electron chi connectivity index (χ2n) is 4.23. The van der Waals surface area contributed by atoms with Gasteiger partial charge in [-0.2, -0.15) is 5.10 Å². The molecule has 0 aliphatic heterocycles. The van der Waals surface area contributed by atoms with E-state index in [2.05, 4.69) is 27.1 Å². The zero-order chi connectivity index (χ0) is 12.4. The second kappa shape index (κ2) is 4.56. The van der Waals surface area contributed by atoms with Crippen LogP contribution in [-0.2, 0) is 6.42 Å². The number of para-hydroxylation sites is 1. The molecule has 0 spiro atoms. The van der Waals surface area contributed by atoms with Gasteiger partial charge in [0.2, 0.25) is 0 Å². The first kappa shape index (κ1) is 10.9. The summed E-state index contributed by atoms with van der Waals surface area (Å²) in [5.74, 6) is 1.69. The van der Waals surface area contributed by atoms with Crippen molar-refractivity contribution in [2.45, 2.75) is 19.8 Å². The van der Waals surface area contributed by atoms with Crippen LogP contribution in [-0.4, -0.2) is 20.2 Å². The normalized spacial score (nSPS) is 10.9. The van der Waals surface area contributed by atoms with Gasteiger partial charge in [0, 0.05) is 23.6 Å².